The molecular formula is C33H44Cl2Zr-2. The van der Waals surface area contributed by atoms with Crippen molar-refractivity contribution in [2.24, 2.45) is 5.41 Å². The van der Waals surface area contributed by atoms with E-state index < -0.39 is 0 Å². The third-order valence-electron chi connectivity index (χ3n) is 6.09. The molecule has 2 aliphatic carbocycles. The van der Waals surface area contributed by atoms with Crippen LogP contribution < -0.4 is 24.8 Å². The number of benzene rings is 2. The molecular weight excluding hydrogens is 558 g/mol. The Morgan fingerprint density at radius 2 is 1.31 bits per heavy atom. The summed E-state index contributed by atoms with van der Waals surface area (Å²) in [7, 11) is 0. The standard InChI is InChI=1S/C21H25.C9H13.C3H6.2ClH.Zr/c1-20(2,3)16-9-7-14-11-15-8-10-17(21(4,5)6)13-19(15)18(14)12-16;1-9(2,3)8-6-4-5-7-8;1-3-2;;;/h7,9-10,12-13H,11H2,1-6H3;6-7H,4H2,1-3H3;1-2H3;2*1H;/q2*-1;;;;+2/p-2. The predicted octanol–water partition coefficient (Wildman–Crippen LogP) is 3.13. The summed E-state index contributed by atoms with van der Waals surface area (Å²) in [6, 6.07) is 15.1. The van der Waals surface area contributed by atoms with E-state index >= 15 is 0 Å². The summed E-state index contributed by atoms with van der Waals surface area (Å²) in [5.41, 5.74) is 10.5. The fraction of sp³-hybridized carbons (Fsp3) is 0.485. The molecule has 0 spiro atoms. The van der Waals surface area contributed by atoms with Crippen LogP contribution in [0, 0.1) is 17.6 Å². The number of halogens is 2. The molecule has 0 atom stereocenters. The molecule has 0 fully saturated rings. The maximum Gasteiger partial charge on any atom is -1.00 e. The van der Waals surface area contributed by atoms with Gasteiger partial charge in [0.05, 0.1) is 0 Å². The van der Waals surface area contributed by atoms with Crippen LogP contribution in [0.15, 0.2) is 48.1 Å². The second-order valence-electron chi connectivity index (χ2n) is 12.8. The fourth-order valence-electron chi connectivity index (χ4n) is 3.90. The molecule has 0 radical (unpaired) electrons. The van der Waals surface area contributed by atoms with Gasteiger partial charge in [-0.1, -0.05) is 102 Å². The van der Waals surface area contributed by atoms with Crippen molar-refractivity contribution >= 4 is 3.21 Å². The van der Waals surface area contributed by atoms with Crippen LogP contribution in [0.5, 0.6) is 0 Å². The molecule has 0 nitrogen and oxygen atoms in total. The average molecular weight is 603 g/mol. The summed E-state index contributed by atoms with van der Waals surface area (Å²) in [5.74, 6) is 0. The minimum Gasteiger partial charge on any atom is -1.00 e. The molecule has 0 unspecified atom stereocenters. The van der Waals surface area contributed by atoms with E-state index in [1.54, 1.807) is 24.2 Å². The zero-order chi connectivity index (χ0) is 25.9. The molecule has 4 rings (SSSR count). The molecule has 0 aliphatic heterocycles. The minimum absolute atomic E-state index is 0. The van der Waals surface area contributed by atoms with Crippen LogP contribution in [-0.4, -0.2) is 3.21 Å². The molecule has 0 bridgehead atoms. The first-order valence-electron chi connectivity index (χ1n) is 12.5. The number of hydrogen-bond acceptors (Lipinski definition) is 0. The Morgan fingerprint density at radius 1 is 0.778 bits per heavy atom. The minimum atomic E-state index is 0. The summed E-state index contributed by atoms with van der Waals surface area (Å²) in [6.45, 7) is 24.6. The zero-order valence-electron chi connectivity index (χ0n) is 24.2. The molecule has 2 aromatic carbocycles. The summed E-state index contributed by atoms with van der Waals surface area (Å²) in [6.07, 6.45) is 9.53. The van der Waals surface area contributed by atoms with Crippen molar-refractivity contribution in [1.29, 1.82) is 0 Å². The monoisotopic (exact) mass is 600 g/mol. The van der Waals surface area contributed by atoms with Crippen LogP contribution in [0.4, 0.5) is 0 Å². The molecule has 0 saturated carbocycles. The number of hydrogen-bond donors (Lipinski definition) is 0. The van der Waals surface area contributed by atoms with Crippen molar-refractivity contribution in [3.63, 3.8) is 0 Å². The first kappa shape index (κ1) is 35.3. The third-order valence-corrected chi connectivity index (χ3v) is 6.09. The van der Waals surface area contributed by atoms with Crippen LogP contribution in [0.25, 0.3) is 11.1 Å². The SMILES string of the molecule is CC(C)(C)C1=CC[C-]=C1.CC(C)(C)c1c[c-]c2c(c1)-c1cc(C(C)(C)C)ccc1C2.C[C](C)=[Zr+2].[Cl-].[Cl-]. The molecule has 3 heteroatoms. The van der Waals surface area contributed by atoms with Crippen LogP contribution >= 0.6 is 0 Å². The Kier molecular flexibility index (Phi) is 13.6. The first-order chi connectivity index (χ1) is 15.5. The number of allylic oxidation sites excluding steroid dienone is 4. The Balaban J connectivity index is 0.000000686. The Bertz CT molecular complexity index is 1020. The van der Waals surface area contributed by atoms with Crippen LogP contribution in [0.1, 0.15) is 105 Å². The van der Waals surface area contributed by atoms with Crippen molar-refractivity contribution in [2.75, 3.05) is 0 Å². The second-order valence-corrected chi connectivity index (χ2v) is 15.2. The first-order valence-corrected chi connectivity index (χ1v) is 13.7. The van der Waals surface area contributed by atoms with E-state index in [4.69, 9.17) is 0 Å². The van der Waals surface area contributed by atoms with Gasteiger partial charge in [0.15, 0.2) is 0 Å². The van der Waals surface area contributed by atoms with Gasteiger partial charge < -0.3 is 24.8 Å². The van der Waals surface area contributed by atoms with Gasteiger partial charge in [0.2, 0.25) is 0 Å². The number of rotatable bonds is 0. The second kappa shape index (κ2) is 13.9. The normalized spacial score (nSPS) is 13.5. The van der Waals surface area contributed by atoms with E-state index in [9.17, 15) is 0 Å². The van der Waals surface area contributed by atoms with Gasteiger partial charge in [-0.2, -0.15) is 41.0 Å². The van der Waals surface area contributed by atoms with Gasteiger partial charge in [-0.05, 0) is 17.4 Å². The number of fused-ring (bicyclic) bond motifs is 3. The van der Waals surface area contributed by atoms with Gasteiger partial charge in [-0.25, -0.2) is 6.08 Å². The van der Waals surface area contributed by atoms with Gasteiger partial charge in [0.1, 0.15) is 0 Å². The molecule has 2 aliphatic rings. The quantitative estimate of drug-likeness (QED) is 0.347. The average Bonchev–Trinajstić information content (AvgIpc) is 3.33. The van der Waals surface area contributed by atoms with E-state index in [1.165, 1.54) is 42.2 Å². The van der Waals surface area contributed by atoms with Gasteiger partial charge in [0, 0.05) is 0 Å². The van der Waals surface area contributed by atoms with Crippen molar-refractivity contribution in [1.82, 2.24) is 0 Å². The smallest absolute Gasteiger partial charge is 1.00 e. The van der Waals surface area contributed by atoms with Gasteiger partial charge in [-0.3, -0.25) is 6.08 Å². The zero-order valence-corrected chi connectivity index (χ0v) is 28.2. The van der Waals surface area contributed by atoms with Crippen molar-refractivity contribution in [2.45, 2.75) is 99.8 Å². The topological polar surface area (TPSA) is 0 Å². The van der Waals surface area contributed by atoms with Gasteiger partial charge in [-0.15, -0.1) is 12.0 Å². The third kappa shape index (κ3) is 10.2. The van der Waals surface area contributed by atoms with E-state index in [1.807, 2.05) is 0 Å². The summed E-state index contributed by atoms with van der Waals surface area (Å²) in [4.78, 5) is 0. The van der Waals surface area contributed by atoms with Crippen molar-refractivity contribution < 1.29 is 49.0 Å². The Hall–Kier alpha value is -0.747. The predicted molar refractivity (Wildman–Crippen MR) is 147 cm³/mol. The van der Waals surface area contributed by atoms with E-state index in [2.05, 4.69) is 131 Å². The van der Waals surface area contributed by atoms with Crippen molar-refractivity contribution in [3.05, 3.63) is 82.5 Å². The van der Waals surface area contributed by atoms with Crippen molar-refractivity contribution in [3.8, 4) is 11.1 Å². The molecule has 2 aromatic rings. The van der Waals surface area contributed by atoms with Crippen LogP contribution in [0.2, 0.25) is 0 Å². The maximum absolute atomic E-state index is 3.53. The maximum atomic E-state index is 3.53. The molecule has 0 N–H and O–H groups in total. The Labute approximate surface area is 249 Å². The van der Waals surface area contributed by atoms with Crippen LogP contribution in [0.3, 0.4) is 0 Å². The van der Waals surface area contributed by atoms with Crippen LogP contribution in [-0.2, 0) is 41.5 Å². The fourth-order valence-corrected chi connectivity index (χ4v) is 3.90. The van der Waals surface area contributed by atoms with Gasteiger partial charge in [0.25, 0.3) is 0 Å². The van der Waals surface area contributed by atoms with E-state index in [0.717, 1.165) is 12.8 Å². The van der Waals surface area contributed by atoms with E-state index in [0.29, 0.717) is 5.41 Å². The summed E-state index contributed by atoms with van der Waals surface area (Å²) < 4.78 is 1.51. The molecule has 196 valence electrons. The molecule has 0 aromatic heterocycles. The Morgan fingerprint density at radius 3 is 1.72 bits per heavy atom. The van der Waals surface area contributed by atoms with E-state index in [-0.39, 0.29) is 35.6 Å². The molecule has 0 heterocycles. The summed E-state index contributed by atoms with van der Waals surface area (Å²) in [5, 5.41) is 0. The molecule has 36 heavy (non-hydrogen) atoms. The van der Waals surface area contributed by atoms with Gasteiger partial charge >= 0.3 is 41.3 Å². The summed E-state index contributed by atoms with van der Waals surface area (Å²) >= 11 is 1.55. The molecule has 0 saturated heterocycles. The largest absolute Gasteiger partial charge is 1.00 e. The molecule has 0 amide bonds.